The molecule has 2 aromatic rings. The molecule has 2 N–H and O–H groups in total. The highest BCUT2D eigenvalue weighted by atomic mass is 16.2. The molecule has 5 heteroatoms. The van der Waals surface area contributed by atoms with Gasteiger partial charge in [0, 0.05) is 5.57 Å². The summed E-state index contributed by atoms with van der Waals surface area (Å²) in [5, 5.41) is 2.96. The Hall–Kier alpha value is -2.43. The molecule has 0 unspecified atom stereocenters. The number of para-hydroxylation sites is 1. The highest BCUT2D eigenvalue weighted by Gasteiger charge is 2.06. The summed E-state index contributed by atoms with van der Waals surface area (Å²) >= 11 is 0. The molecule has 1 heterocycles. The Labute approximate surface area is 97.2 Å². The number of carbonyl (C=O) groups is 1. The molecule has 17 heavy (non-hydrogen) atoms. The number of benzene rings is 1. The van der Waals surface area contributed by atoms with Crippen molar-refractivity contribution in [1.82, 2.24) is 9.97 Å². The molecule has 0 saturated carbocycles. The number of rotatable bonds is 2. The molecule has 1 amide bonds. The first-order valence-electron chi connectivity index (χ1n) is 5.04. The van der Waals surface area contributed by atoms with Crippen molar-refractivity contribution in [1.29, 1.82) is 0 Å². The van der Waals surface area contributed by atoms with Gasteiger partial charge in [0.2, 0.25) is 5.95 Å². The summed E-state index contributed by atoms with van der Waals surface area (Å²) in [6.07, 6.45) is 0. The summed E-state index contributed by atoms with van der Waals surface area (Å²) in [4.78, 5) is 29.7. The lowest BCUT2D eigenvalue weighted by Gasteiger charge is -2.04. The first-order valence-corrected chi connectivity index (χ1v) is 5.04. The number of H-pyrrole nitrogens is 1. The molecule has 2 rings (SSSR count). The minimum Gasteiger partial charge on any atom is -0.292 e. The summed E-state index contributed by atoms with van der Waals surface area (Å²) in [5.74, 6) is -0.245. The summed E-state index contributed by atoms with van der Waals surface area (Å²) in [5.41, 5.74) is 0.599. The maximum atomic E-state index is 11.7. The fraction of sp³-hybridized carbons (Fsp3) is 0.0833. The van der Waals surface area contributed by atoms with Gasteiger partial charge in [0.25, 0.3) is 11.5 Å². The van der Waals surface area contributed by atoms with Crippen LogP contribution in [0.1, 0.15) is 6.92 Å². The highest BCUT2D eigenvalue weighted by Crippen LogP contribution is 2.08. The van der Waals surface area contributed by atoms with Crippen molar-refractivity contribution in [3.63, 3.8) is 0 Å². The van der Waals surface area contributed by atoms with E-state index in [0.717, 1.165) is 0 Å². The number of nitrogens with one attached hydrogen (secondary N) is 2. The predicted molar refractivity (Wildman–Crippen MR) is 65.8 cm³/mol. The van der Waals surface area contributed by atoms with Gasteiger partial charge in [-0.25, -0.2) is 4.98 Å². The van der Waals surface area contributed by atoms with Gasteiger partial charge in [0.15, 0.2) is 0 Å². The number of aromatic nitrogens is 2. The van der Waals surface area contributed by atoms with E-state index in [4.69, 9.17) is 0 Å². The zero-order chi connectivity index (χ0) is 12.4. The summed E-state index contributed by atoms with van der Waals surface area (Å²) in [7, 11) is 0. The monoisotopic (exact) mass is 229 g/mol. The van der Waals surface area contributed by atoms with Crippen LogP contribution in [0.5, 0.6) is 0 Å². The third kappa shape index (κ3) is 2.23. The number of fused-ring (bicyclic) bond motifs is 1. The van der Waals surface area contributed by atoms with Crippen LogP contribution in [0, 0.1) is 0 Å². The Morgan fingerprint density at radius 1 is 1.41 bits per heavy atom. The third-order valence-corrected chi connectivity index (χ3v) is 2.23. The Morgan fingerprint density at radius 3 is 2.82 bits per heavy atom. The second kappa shape index (κ2) is 4.21. The van der Waals surface area contributed by atoms with E-state index in [1.165, 1.54) is 0 Å². The SMILES string of the molecule is C=C(C)C(=O)Nc1nc2ccccc2c(=O)[nH]1. The third-order valence-electron chi connectivity index (χ3n) is 2.23. The largest absolute Gasteiger partial charge is 0.292 e. The second-order valence-electron chi connectivity index (χ2n) is 3.67. The highest BCUT2D eigenvalue weighted by molar-refractivity contribution is 6.02. The van der Waals surface area contributed by atoms with Gasteiger partial charge < -0.3 is 0 Å². The topological polar surface area (TPSA) is 74.8 Å². The average molecular weight is 229 g/mol. The molecule has 0 fully saturated rings. The maximum Gasteiger partial charge on any atom is 0.260 e. The van der Waals surface area contributed by atoms with Crippen LogP contribution >= 0.6 is 0 Å². The van der Waals surface area contributed by atoms with Crippen molar-refractivity contribution in [2.75, 3.05) is 5.32 Å². The standard InChI is InChI=1S/C12H11N3O2/c1-7(2)10(16)14-12-13-9-6-4-3-5-8(9)11(17)15-12/h3-6H,1H2,2H3,(H2,13,14,15,16,17). The van der Waals surface area contributed by atoms with E-state index in [-0.39, 0.29) is 17.4 Å². The van der Waals surface area contributed by atoms with E-state index in [2.05, 4.69) is 21.9 Å². The molecule has 5 nitrogen and oxygen atoms in total. The van der Waals surface area contributed by atoms with Crippen LogP contribution in [0.2, 0.25) is 0 Å². The number of hydrogen-bond acceptors (Lipinski definition) is 3. The Morgan fingerprint density at radius 2 is 2.12 bits per heavy atom. The normalized spacial score (nSPS) is 10.2. The lowest BCUT2D eigenvalue weighted by atomic mass is 10.2. The lowest BCUT2D eigenvalue weighted by Crippen LogP contribution is -2.18. The zero-order valence-corrected chi connectivity index (χ0v) is 9.28. The van der Waals surface area contributed by atoms with Crippen molar-refractivity contribution >= 4 is 22.8 Å². The summed E-state index contributed by atoms with van der Waals surface area (Å²) in [6.45, 7) is 5.08. The number of hydrogen-bond donors (Lipinski definition) is 2. The average Bonchev–Trinajstić information content (AvgIpc) is 2.29. The van der Waals surface area contributed by atoms with E-state index in [1.54, 1.807) is 31.2 Å². The minimum atomic E-state index is -0.372. The number of nitrogens with zero attached hydrogens (tertiary/aromatic N) is 1. The van der Waals surface area contributed by atoms with Gasteiger partial charge in [-0.1, -0.05) is 18.7 Å². The number of aromatic amines is 1. The van der Waals surface area contributed by atoms with Gasteiger partial charge in [-0.05, 0) is 19.1 Å². The number of carbonyl (C=O) groups excluding carboxylic acids is 1. The fourth-order valence-corrected chi connectivity index (χ4v) is 1.36. The smallest absolute Gasteiger partial charge is 0.260 e. The molecule has 1 aromatic heterocycles. The lowest BCUT2D eigenvalue weighted by molar-refractivity contribution is -0.112. The Balaban J connectivity index is 2.47. The molecule has 0 atom stereocenters. The molecule has 0 radical (unpaired) electrons. The summed E-state index contributed by atoms with van der Waals surface area (Å²) < 4.78 is 0. The molecule has 1 aromatic carbocycles. The van der Waals surface area contributed by atoms with Gasteiger partial charge in [-0.2, -0.15) is 0 Å². The molecule has 0 bridgehead atoms. The molecule has 0 aliphatic heterocycles. The van der Waals surface area contributed by atoms with Crippen LogP contribution in [0.25, 0.3) is 10.9 Å². The molecule has 0 spiro atoms. The van der Waals surface area contributed by atoms with Crippen LogP contribution in [0.3, 0.4) is 0 Å². The van der Waals surface area contributed by atoms with E-state index in [1.807, 2.05) is 0 Å². The van der Waals surface area contributed by atoms with Crippen molar-refractivity contribution < 1.29 is 4.79 Å². The molecule has 86 valence electrons. The Bertz CT molecular complexity index is 658. The van der Waals surface area contributed by atoms with Crippen molar-refractivity contribution in [2.24, 2.45) is 0 Å². The van der Waals surface area contributed by atoms with Gasteiger partial charge in [0.1, 0.15) is 0 Å². The molecule has 0 saturated heterocycles. The number of amides is 1. The first-order chi connectivity index (χ1) is 8.08. The van der Waals surface area contributed by atoms with Crippen LogP contribution in [-0.4, -0.2) is 15.9 Å². The van der Waals surface area contributed by atoms with E-state index < -0.39 is 0 Å². The van der Waals surface area contributed by atoms with Crippen LogP contribution in [0.4, 0.5) is 5.95 Å². The zero-order valence-electron chi connectivity index (χ0n) is 9.28. The molecular formula is C12H11N3O2. The van der Waals surface area contributed by atoms with Gasteiger partial charge in [-0.15, -0.1) is 0 Å². The van der Waals surface area contributed by atoms with Gasteiger partial charge >= 0.3 is 0 Å². The number of anilines is 1. The molecule has 0 aliphatic rings. The first kappa shape index (κ1) is 11.1. The van der Waals surface area contributed by atoms with E-state index >= 15 is 0 Å². The minimum absolute atomic E-state index is 0.127. The quantitative estimate of drug-likeness (QED) is 0.765. The fourth-order valence-electron chi connectivity index (χ4n) is 1.36. The van der Waals surface area contributed by atoms with Crippen LogP contribution in [-0.2, 0) is 4.79 Å². The van der Waals surface area contributed by atoms with Crippen molar-refractivity contribution in [3.05, 3.63) is 46.8 Å². The van der Waals surface area contributed by atoms with Crippen LogP contribution in [0.15, 0.2) is 41.2 Å². The van der Waals surface area contributed by atoms with Crippen molar-refractivity contribution in [2.45, 2.75) is 6.92 Å². The van der Waals surface area contributed by atoms with E-state index in [0.29, 0.717) is 16.5 Å². The van der Waals surface area contributed by atoms with Crippen molar-refractivity contribution in [3.8, 4) is 0 Å². The predicted octanol–water partition coefficient (Wildman–Crippen LogP) is 1.44. The maximum absolute atomic E-state index is 11.7. The van der Waals surface area contributed by atoms with E-state index in [9.17, 15) is 9.59 Å². The molecular weight excluding hydrogens is 218 g/mol. The van der Waals surface area contributed by atoms with Gasteiger partial charge in [0.05, 0.1) is 10.9 Å². The Kier molecular flexibility index (Phi) is 2.74. The summed E-state index contributed by atoms with van der Waals surface area (Å²) in [6, 6.07) is 6.91. The molecule has 0 aliphatic carbocycles. The van der Waals surface area contributed by atoms with Crippen LogP contribution < -0.4 is 10.9 Å². The van der Waals surface area contributed by atoms with Gasteiger partial charge in [-0.3, -0.25) is 19.9 Å². The second-order valence-corrected chi connectivity index (χ2v) is 3.67.